The number of anilines is 1. The highest BCUT2D eigenvalue weighted by Crippen LogP contribution is 2.20. The van der Waals surface area contributed by atoms with Crippen molar-refractivity contribution in [3.63, 3.8) is 0 Å². The Labute approximate surface area is 162 Å². The Kier molecular flexibility index (Phi) is 7.35. The fourth-order valence-electron chi connectivity index (χ4n) is 2.08. The molecule has 0 fully saturated rings. The molecular formula is C18H19ClN2O5S. The number of carbonyl (C=O) groups excluding carboxylic acids is 2. The molecule has 0 aromatic heterocycles. The number of esters is 1. The number of sulfonamides is 1. The number of hydrogen-bond acceptors (Lipinski definition) is 5. The molecule has 27 heavy (non-hydrogen) atoms. The zero-order chi connectivity index (χ0) is 19.9. The van der Waals surface area contributed by atoms with Crippen LogP contribution in [0.15, 0.2) is 59.5 Å². The summed E-state index contributed by atoms with van der Waals surface area (Å²) in [5.74, 6) is -1.24. The Bertz CT molecular complexity index is 903. The zero-order valence-electron chi connectivity index (χ0n) is 14.5. The van der Waals surface area contributed by atoms with Gasteiger partial charge >= 0.3 is 5.97 Å². The molecule has 0 spiro atoms. The Hall–Kier alpha value is -2.42. The molecule has 2 aromatic carbocycles. The van der Waals surface area contributed by atoms with E-state index < -0.39 is 28.0 Å². The van der Waals surface area contributed by atoms with Gasteiger partial charge in [0.05, 0.1) is 22.0 Å². The average molecular weight is 411 g/mol. The van der Waals surface area contributed by atoms with E-state index in [4.69, 9.17) is 16.3 Å². The van der Waals surface area contributed by atoms with Crippen molar-refractivity contribution >= 4 is 39.2 Å². The topological polar surface area (TPSA) is 102 Å². The molecule has 0 aliphatic rings. The van der Waals surface area contributed by atoms with Gasteiger partial charge in [0, 0.05) is 6.54 Å². The Balaban J connectivity index is 1.79. The summed E-state index contributed by atoms with van der Waals surface area (Å²) < 4.78 is 31.4. The Morgan fingerprint density at radius 3 is 2.37 bits per heavy atom. The average Bonchev–Trinajstić information content (AvgIpc) is 2.64. The summed E-state index contributed by atoms with van der Waals surface area (Å²) in [5.41, 5.74) is 0.405. The number of ether oxygens (including phenoxy) is 1. The maximum Gasteiger partial charge on any atom is 0.307 e. The van der Waals surface area contributed by atoms with E-state index in [1.54, 1.807) is 42.5 Å². The third-order valence-electron chi connectivity index (χ3n) is 3.48. The highest BCUT2D eigenvalue weighted by molar-refractivity contribution is 7.89. The lowest BCUT2D eigenvalue weighted by molar-refractivity contribution is -0.152. The van der Waals surface area contributed by atoms with Crippen LogP contribution in [0.1, 0.15) is 13.3 Å². The highest BCUT2D eigenvalue weighted by atomic mass is 35.5. The van der Waals surface area contributed by atoms with Crippen molar-refractivity contribution in [2.75, 3.05) is 11.9 Å². The molecule has 9 heteroatoms. The van der Waals surface area contributed by atoms with Crippen LogP contribution in [-0.2, 0) is 24.3 Å². The quantitative estimate of drug-likeness (QED) is 0.651. The second-order valence-corrected chi connectivity index (χ2v) is 7.74. The number of amides is 1. The fourth-order valence-corrected chi connectivity index (χ4v) is 3.31. The first-order valence-electron chi connectivity index (χ1n) is 8.09. The van der Waals surface area contributed by atoms with Crippen LogP contribution >= 0.6 is 11.6 Å². The summed E-state index contributed by atoms with van der Waals surface area (Å²) in [6, 6.07) is 14.5. The largest absolute Gasteiger partial charge is 0.452 e. The van der Waals surface area contributed by atoms with Gasteiger partial charge in [0.15, 0.2) is 6.10 Å². The van der Waals surface area contributed by atoms with Crippen LogP contribution in [0.4, 0.5) is 5.69 Å². The number of benzene rings is 2. The standard InChI is InChI=1S/C18H19ClN2O5S/c1-13(18(23)21-16-10-6-5-9-15(16)19)26-17(22)11-12-20-27(24,25)14-7-3-2-4-8-14/h2-10,13,20H,11-12H2,1H3,(H,21,23)/t13-/m1/s1. The van der Waals surface area contributed by atoms with Gasteiger partial charge in [0.2, 0.25) is 10.0 Å². The monoisotopic (exact) mass is 410 g/mol. The first kappa shape index (κ1) is 20.9. The molecule has 0 aliphatic heterocycles. The smallest absolute Gasteiger partial charge is 0.307 e. The van der Waals surface area contributed by atoms with Crippen molar-refractivity contribution < 1.29 is 22.7 Å². The minimum Gasteiger partial charge on any atom is -0.452 e. The minimum absolute atomic E-state index is 0.103. The number of rotatable bonds is 8. The molecule has 0 radical (unpaired) electrons. The molecule has 2 N–H and O–H groups in total. The van der Waals surface area contributed by atoms with Crippen molar-refractivity contribution in [3.8, 4) is 0 Å². The normalized spacial score (nSPS) is 12.2. The van der Waals surface area contributed by atoms with Crippen LogP contribution < -0.4 is 10.0 Å². The van der Waals surface area contributed by atoms with Gasteiger partial charge in [-0.2, -0.15) is 0 Å². The molecule has 0 bridgehead atoms. The van der Waals surface area contributed by atoms with E-state index in [-0.39, 0.29) is 17.9 Å². The van der Waals surface area contributed by atoms with Gasteiger partial charge in [0.1, 0.15) is 0 Å². The van der Waals surface area contributed by atoms with Crippen LogP contribution in [0.2, 0.25) is 5.02 Å². The predicted octanol–water partition coefficient (Wildman–Crippen LogP) is 2.58. The van der Waals surface area contributed by atoms with E-state index in [9.17, 15) is 18.0 Å². The van der Waals surface area contributed by atoms with Gasteiger partial charge < -0.3 is 10.1 Å². The molecule has 2 aromatic rings. The van der Waals surface area contributed by atoms with E-state index in [0.29, 0.717) is 10.7 Å². The van der Waals surface area contributed by atoms with E-state index in [2.05, 4.69) is 10.0 Å². The second kappa shape index (κ2) is 9.50. The van der Waals surface area contributed by atoms with Crippen molar-refractivity contribution in [3.05, 3.63) is 59.6 Å². The van der Waals surface area contributed by atoms with Crippen LogP contribution in [0.25, 0.3) is 0 Å². The fraction of sp³-hybridized carbons (Fsp3) is 0.222. The highest BCUT2D eigenvalue weighted by Gasteiger charge is 2.19. The maximum atomic E-state index is 12.1. The minimum atomic E-state index is -3.70. The van der Waals surface area contributed by atoms with Crippen molar-refractivity contribution in [1.29, 1.82) is 0 Å². The molecule has 2 rings (SSSR count). The molecule has 1 atom stereocenters. The lowest BCUT2D eigenvalue weighted by Crippen LogP contribution is -2.32. The summed E-state index contributed by atoms with van der Waals surface area (Å²) >= 11 is 5.95. The van der Waals surface area contributed by atoms with Crippen LogP contribution in [0, 0.1) is 0 Å². The molecule has 0 heterocycles. The van der Waals surface area contributed by atoms with Crippen molar-refractivity contribution in [2.45, 2.75) is 24.3 Å². The first-order chi connectivity index (χ1) is 12.8. The van der Waals surface area contributed by atoms with Gasteiger partial charge in [-0.1, -0.05) is 41.9 Å². The third-order valence-corrected chi connectivity index (χ3v) is 5.29. The lowest BCUT2D eigenvalue weighted by atomic mass is 10.3. The van der Waals surface area contributed by atoms with Gasteiger partial charge in [0.25, 0.3) is 5.91 Å². The number of halogens is 1. The van der Waals surface area contributed by atoms with E-state index >= 15 is 0 Å². The van der Waals surface area contributed by atoms with Crippen molar-refractivity contribution in [2.24, 2.45) is 0 Å². The van der Waals surface area contributed by atoms with Gasteiger partial charge in [-0.05, 0) is 31.2 Å². The van der Waals surface area contributed by atoms with Crippen molar-refractivity contribution in [1.82, 2.24) is 4.72 Å². The SMILES string of the molecule is C[C@@H](OC(=O)CCNS(=O)(=O)c1ccccc1)C(=O)Nc1ccccc1Cl. The van der Waals surface area contributed by atoms with Gasteiger partial charge in [-0.25, -0.2) is 13.1 Å². The molecule has 0 saturated carbocycles. The zero-order valence-corrected chi connectivity index (χ0v) is 16.1. The number of para-hydroxylation sites is 1. The molecule has 144 valence electrons. The lowest BCUT2D eigenvalue weighted by Gasteiger charge is -2.14. The molecule has 7 nitrogen and oxygen atoms in total. The molecular weight excluding hydrogens is 392 g/mol. The summed E-state index contributed by atoms with van der Waals surface area (Å²) in [6.45, 7) is 1.27. The summed E-state index contributed by atoms with van der Waals surface area (Å²) in [4.78, 5) is 24.0. The third kappa shape index (κ3) is 6.35. The molecule has 0 unspecified atom stereocenters. The first-order valence-corrected chi connectivity index (χ1v) is 9.95. The summed E-state index contributed by atoms with van der Waals surface area (Å²) in [5, 5.41) is 2.92. The van der Waals surface area contributed by atoms with Crippen LogP contribution in [0.5, 0.6) is 0 Å². The number of carbonyl (C=O) groups is 2. The number of hydrogen-bond donors (Lipinski definition) is 2. The second-order valence-electron chi connectivity index (χ2n) is 5.56. The van der Waals surface area contributed by atoms with E-state index in [1.807, 2.05) is 0 Å². The Morgan fingerprint density at radius 2 is 1.70 bits per heavy atom. The number of nitrogens with one attached hydrogen (secondary N) is 2. The van der Waals surface area contributed by atoms with E-state index in [0.717, 1.165) is 0 Å². The molecule has 0 aliphatic carbocycles. The maximum absolute atomic E-state index is 12.1. The van der Waals surface area contributed by atoms with Gasteiger partial charge in [-0.15, -0.1) is 0 Å². The summed E-state index contributed by atoms with van der Waals surface area (Å²) in [6.07, 6.45) is -1.27. The van der Waals surface area contributed by atoms with E-state index in [1.165, 1.54) is 19.1 Å². The van der Waals surface area contributed by atoms with Crippen LogP contribution in [0.3, 0.4) is 0 Å². The summed E-state index contributed by atoms with van der Waals surface area (Å²) in [7, 11) is -3.70. The molecule has 0 saturated heterocycles. The molecule has 1 amide bonds. The predicted molar refractivity (Wildman–Crippen MR) is 102 cm³/mol. The van der Waals surface area contributed by atoms with Gasteiger partial charge in [-0.3, -0.25) is 9.59 Å². The Morgan fingerprint density at radius 1 is 1.07 bits per heavy atom. The van der Waals surface area contributed by atoms with Crippen LogP contribution in [-0.4, -0.2) is 32.9 Å².